The summed E-state index contributed by atoms with van der Waals surface area (Å²) in [6.45, 7) is 2.90. The van der Waals surface area contributed by atoms with E-state index in [1.54, 1.807) is 18.2 Å². The number of carbonyl (C=O) groups is 1. The van der Waals surface area contributed by atoms with Gasteiger partial charge in [-0.3, -0.25) is 0 Å². The molecule has 0 aliphatic carbocycles. The molecular weight excluding hydrogens is 352 g/mol. The van der Waals surface area contributed by atoms with Gasteiger partial charge < -0.3 is 14.6 Å². The van der Waals surface area contributed by atoms with Gasteiger partial charge in [0.25, 0.3) is 0 Å². The van der Waals surface area contributed by atoms with Crippen LogP contribution in [0.15, 0.2) is 78.9 Å². The molecule has 0 bridgehead atoms. The molecule has 0 unspecified atom stereocenters. The van der Waals surface area contributed by atoms with E-state index in [-0.39, 0.29) is 5.57 Å². The predicted octanol–water partition coefficient (Wildman–Crippen LogP) is 5.08. The van der Waals surface area contributed by atoms with Crippen molar-refractivity contribution >= 4 is 17.6 Å². The number of carboxylic acids is 1. The van der Waals surface area contributed by atoms with Gasteiger partial charge in [0.1, 0.15) is 24.7 Å². The van der Waals surface area contributed by atoms with Gasteiger partial charge in [-0.1, -0.05) is 60.2 Å². The Bertz CT molecular complexity index is 927. The first-order valence-corrected chi connectivity index (χ1v) is 9.04. The fraction of sp³-hybridized carbons (Fsp3) is 0.125. The summed E-state index contributed by atoms with van der Waals surface area (Å²) in [5.41, 5.74) is 2.91. The van der Waals surface area contributed by atoms with Gasteiger partial charge in [-0.2, -0.15) is 0 Å². The number of hydrogen-bond acceptors (Lipinski definition) is 3. The summed E-state index contributed by atoms with van der Waals surface area (Å²) < 4.78 is 11.3. The van der Waals surface area contributed by atoms with E-state index in [2.05, 4.69) is 0 Å². The second kappa shape index (κ2) is 9.42. The number of aliphatic carboxylic acids is 1. The molecule has 0 heterocycles. The van der Waals surface area contributed by atoms with Crippen LogP contribution in [0.3, 0.4) is 0 Å². The van der Waals surface area contributed by atoms with E-state index >= 15 is 0 Å². The molecule has 0 amide bonds. The Labute approximate surface area is 164 Å². The Morgan fingerprint density at radius 1 is 0.821 bits per heavy atom. The zero-order valence-corrected chi connectivity index (χ0v) is 15.7. The number of rotatable bonds is 8. The van der Waals surface area contributed by atoms with Crippen LogP contribution >= 0.6 is 0 Å². The number of ether oxygens (including phenoxy) is 2. The smallest absolute Gasteiger partial charge is 0.336 e. The molecule has 0 aromatic heterocycles. The lowest BCUT2D eigenvalue weighted by Crippen LogP contribution is -2.08. The van der Waals surface area contributed by atoms with Crippen LogP contribution in [0.5, 0.6) is 11.5 Å². The van der Waals surface area contributed by atoms with Crippen molar-refractivity contribution < 1.29 is 19.4 Å². The van der Waals surface area contributed by atoms with Crippen molar-refractivity contribution in [2.24, 2.45) is 0 Å². The standard InChI is InChI=1S/C24H22O4/c1-18-7-11-21(12-8-18)27-15-16-28-22-13-9-19(10-14-22)17-23(24(25)26)20-5-3-2-4-6-20/h2-14,17H,15-16H2,1H3,(H,25,26)/b23-17-. The van der Waals surface area contributed by atoms with Crippen molar-refractivity contribution in [2.45, 2.75) is 6.92 Å². The lowest BCUT2D eigenvalue weighted by molar-refractivity contribution is -0.130. The monoisotopic (exact) mass is 374 g/mol. The first-order valence-electron chi connectivity index (χ1n) is 9.04. The van der Waals surface area contributed by atoms with Gasteiger partial charge in [-0.05, 0) is 48.4 Å². The molecule has 0 radical (unpaired) electrons. The molecule has 4 heteroatoms. The third kappa shape index (κ3) is 5.48. The average Bonchev–Trinajstić information content (AvgIpc) is 2.72. The molecule has 3 rings (SSSR count). The van der Waals surface area contributed by atoms with E-state index in [4.69, 9.17) is 9.47 Å². The highest BCUT2D eigenvalue weighted by Gasteiger charge is 2.09. The third-order valence-corrected chi connectivity index (χ3v) is 4.15. The van der Waals surface area contributed by atoms with Crippen molar-refractivity contribution in [2.75, 3.05) is 13.2 Å². The minimum atomic E-state index is -0.959. The molecule has 0 aliphatic heterocycles. The third-order valence-electron chi connectivity index (χ3n) is 4.15. The second-order valence-electron chi connectivity index (χ2n) is 6.31. The lowest BCUT2D eigenvalue weighted by Gasteiger charge is -2.09. The van der Waals surface area contributed by atoms with Crippen LogP contribution in [0.2, 0.25) is 0 Å². The molecule has 28 heavy (non-hydrogen) atoms. The minimum absolute atomic E-state index is 0.251. The van der Waals surface area contributed by atoms with Crippen molar-refractivity contribution in [3.63, 3.8) is 0 Å². The summed E-state index contributed by atoms with van der Waals surface area (Å²) >= 11 is 0. The maximum absolute atomic E-state index is 11.6. The van der Waals surface area contributed by atoms with Gasteiger partial charge in [0, 0.05) is 0 Å². The average molecular weight is 374 g/mol. The molecule has 142 valence electrons. The normalized spacial score (nSPS) is 11.1. The first kappa shape index (κ1) is 19.2. The lowest BCUT2D eigenvalue weighted by atomic mass is 10.0. The molecule has 0 saturated heterocycles. The van der Waals surface area contributed by atoms with Crippen molar-refractivity contribution in [1.29, 1.82) is 0 Å². The molecule has 0 spiro atoms. The van der Waals surface area contributed by atoms with E-state index in [1.165, 1.54) is 5.56 Å². The zero-order chi connectivity index (χ0) is 19.8. The number of hydrogen-bond donors (Lipinski definition) is 1. The van der Waals surface area contributed by atoms with Gasteiger partial charge in [0.2, 0.25) is 0 Å². The van der Waals surface area contributed by atoms with E-state index in [0.717, 1.165) is 11.3 Å². The van der Waals surface area contributed by atoms with Crippen LogP contribution < -0.4 is 9.47 Å². The Morgan fingerprint density at radius 2 is 1.36 bits per heavy atom. The predicted molar refractivity (Wildman–Crippen MR) is 111 cm³/mol. The van der Waals surface area contributed by atoms with E-state index in [0.29, 0.717) is 24.5 Å². The van der Waals surface area contributed by atoms with Crippen molar-refractivity contribution in [3.8, 4) is 11.5 Å². The fourth-order valence-corrected chi connectivity index (χ4v) is 2.67. The summed E-state index contributed by atoms with van der Waals surface area (Å²) in [6, 6.07) is 24.3. The molecule has 3 aromatic carbocycles. The van der Waals surface area contributed by atoms with Crippen molar-refractivity contribution in [3.05, 3.63) is 95.6 Å². The molecule has 4 nitrogen and oxygen atoms in total. The topological polar surface area (TPSA) is 55.8 Å². The van der Waals surface area contributed by atoms with Gasteiger partial charge in [0.05, 0.1) is 5.57 Å². The zero-order valence-electron chi connectivity index (χ0n) is 15.7. The Morgan fingerprint density at radius 3 is 1.89 bits per heavy atom. The van der Waals surface area contributed by atoms with Crippen LogP contribution in [-0.2, 0) is 4.79 Å². The number of carboxylic acid groups (broad SMARTS) is 1. The molecule has 3 aromatic rings. The van der Waals surface area contributed by atoms with E-state index in [9.17, 15) is 9.90 Å². The molecule has 0 fully saturated rings. The van der Waals surface area contributed by atoms with Crippen LogP contribution in [0.25, 0.3) is 11.6 Å². The Balaban J connectivity index is 1.56. The highest BCUT2D eigenvalue weighted by molar-refractivity contribution is 6.20. The number of benzene rings is 3. The van der Waals surface area contributed by atoms with Crippen LogP contribution in [0.1, 0.15) is 16.7 Å². The van der Waals surface area contributed by atoms with Crippen LogP contribution in [0, 0.1) is 6.92 Å². The maximum atomic E-state index is 11.6. The van der Waals surface area contributed by atoms with Crippen LogP contribution in [0.4, 0.5) is 0 Å². The minimum Gasteiger partial charge on any atom is -0.490 e. The summed E-state index contributed by atoms with van der Waals surface area (Å²) in [4.78, 5) is 11.6. The van der Waals surface area contributed by atoms with Gasteiger partial charge >= 0.3 is 5.97 Å². The van der Waals surface area contributed by atoms with Gasteiger partial charge in [-0.15, -0.1) is 0 Å². The summed E-state index contributed by atoms with van der Waals surface area (Å²) in [6.07, 6.45) is 1.65. The van der Waals surface area contributed by atoms with E-state index in [1.807, 2.05) is 73.7 Å². The summed E-state index contributed by atoms with van der Waals surface area (Å²) in [7, 11) is 0. The Hall–Kier alpha value is -3.53. The van der Waals surface area contributed by atoms with Gasteiger partial charge in [0.15, 0.2) is 0 Å². The summed E-state index contributed by atoms with van der Waals surface area (Å²) in [5, 5.41) is 9.49. The van der Waals surface area contributed by atoms with Crippen molar-refractivity contribution in [1.82, 2.24) is 0 Å². The SMILES string of the molecule is Cc1ccc(OCCOc2ccc(/C=C(\C(=O)O)c3ccccc3)cc2)cc1. The summed E-state index contributed by atoms with van der Waals surface area (Å²) in [5.74, 6) is 0.567. The number of aryl methyl sites for hydroxylation is 1. The van der Waals surface area contributed by atoms with Gasteiger partial charge in [-0.25, -0.2) is 4.79 Å². The first-order chi connectivity index (χ1) is 13.6. The molecule has 1 N–H and O–H groups in total. The Kier molecular flexibility index (Phi) is 6.47. The molecule has 0 saturated carbocycles. The maximum Gasteiger partial charge on any atom is 0.336 e. The fourth-order valence-electron chi connectivity index (χ4n) is 2.67. The quantitative estimate of drug-likeness (QED) is 0.339. The second-order valence-corrected chi connectivity index (χ2v) is 6.31. The van der Waals surface area contributed by atoms with Crippen LogP contribution in [-0.4, -0.2) is 24.3 Å². The largest absolute Gasteiger partial charge is 0.490 e. The molecule has 0 atom stereocenters. The highest BCUT2D eigenvalue weighted by atomic mass is 16.5. The molecular formula is C24H22O4. The highest BCUT2D eigenvalue weighted by Crippen LogP contribution is 2.20. The van der Waals surface area contributed by atoms with E-state index < -0.39 is 5.97 Å². The molecule has 0 aliphatic rings.